The highest BCUT2D eigenvalue weighted by Gasteiger charge is 2.14. The lowest BCUT2D eigenvalue weighted by atomic mass is 10.2. The maximum Gasteiger partial charge on any atom is 0.287 e. The Labute approximate surface area is 156 Å². The average Bonchev–Trinajstić information content (AvgIpc) is 3.29. The molecule has 3 aromatic rings. The average molecular weight is 368 g/mol. The molecule has 6 nitrogen and oxygen atoms in total. The van der Waals surface area contributed by atoms with E-state index in [0.29, 0.717) is 12.4 Å². The molecule has 3 rings (SSSR count). The first-order chi connectivity index (χ1) is 12.7. The van der Waals surface area contributed by atoms with Crippen molar-refractivity contribution < 1.29 is 9.21 Å². The minimum atomic E-state index is -0.280. The standard InChI is InChI=1S/C19H20N4O2S/c1-3-9-23-17(12-20-18(24)16-8-5-10-25-16)21-22-19(23)26-13-15-7-4-6-14(2)11-15/h3-8,10-11H,1,9,12-13H2,2H3,(H,20,24). The van der Waals surface area contributed by atoms with Crippen LogP contribution in [0.3, 0.4) is 0 Å². The van der Waals surface area contributed by atoms with Gasteiger partial charge in [0.15, 0.2) is 16.7 Å². The number of furan rings is 1. The Morgan fingerprint density at radius 2 is 2.23 bits per heavy atom. The second-order valence-electron chi connectivity index (χ2n) is 5.74. The van der Waals surface area contributed by atoms with Gasteiger partial charge in [-0.2, -0.15) is 0 Å². The van der Waals surface area contributed by atoms with Gasteiger partial charge < -0.3 is 14.3 Å². The molecule has 1 amide bonds. The minimum absolute atomic E-state index is 0.269. The molecule has 2 aromatic heterocycles. The van der Waals surface area contributed by atoms with E-state index in [2.05, 4.69) is 53.3 Å². The van der Waals surface area contributed by atoms with Gasteiger partial charge in [0.1, 0.15) is 0 Å². The van der Waals surface area contributed by atoms with Crippen LogP contribution in [0.2, 0.25) is 0 Å². The van der Waals surface area contributed by atoms with E-state index in [1.807, 2.05) is 4.57 Å². The van der Waals surface area contributed by atoms with Gasteiger partial charge in [-0.1, -0.05) is 47.7 Å². The molecule has 0 spiro atoms. The maximum absolute atomic E-state index is 12.0. The molecule has 0 fully saturated rings. The van der Waals surface area contributed by atoms with Crippen LogP contribution < -0.4 is 5.32 Å². The normalized spacial score (nSPS) is 10.7. The largest absolute Gasteiger partial charge is 0.459 e. The molecule has 0 atom stereocenters. The molecule has 26 heavy (non-hydrogen) atoms. The molecule has 0 radical (unpaired) electrons. The highest BCUT2D eigenvalue weighted by atomic mass is 32.2. The lowest BCUT2D eigenvalue weighted by Crippen LogP contribution is -2.24. The summed E-state index contributed by atoms with van der Waals surface area (Å²) in [5.74, 6) is 1.47. The number of hydrogen-bond donors (Lipinski definition) is 1. The van der Waals surface area contributed by atoms with Gasteiger partial charge in [-0.3, -0.25) is 4.79 Å². The molecule has 1 N–H and O–H groups in total. The van der Waals surface area contributed by atoms with Crippen LogP contribution in [0.25, 0.3) is 0 Å². The van der Waals surface area contributed by atoms with Gasteiger partial charge in [0.25, 0.3) is 5.91 Å². The second kappa shape index (κ2) is 8.53. The monoisotopic (exact) mass is 368 g/mol. The van der Waals surface area contributed by atoms with Gasteiger partial charge in [-0.15, -0.1) is 16.8 Å². The van der Waals surface area contributed by atoms with Gasteiger partial charge in [-0.25, -0.2) is 0 Å². The van der Waals surface area contributed by atoms with E-state index in [0.717, 1.165) is 10.9 Å². The summed E-state index contributed by atoms with van der Waals surface area (Å²) in [6.45, 7) is 6.72. The van der Waals surface area contributed by atoms with Crippen molar-refractivity contribution in [2.75, 3.05) is 0 Å². The number of carbonyl (C=O) groups excluding carboxylic acids is 1. The smallest absolute Gasteiger partial charge is 0.287 e. The highest BCUT2D eigenvalue weighted by Crippen LogP contribution is 2.22. The summed E-state index contributed by atoms with van der Waals surface area (Å²) in [5, 5.41) is 12.1. The van der Waals surface area contributed by atoms with E-state index in [4.69, 9.17) is 4.42 Å². The van der Waals surface area contributed by atoms with Crippen molar-refractivity contribution >= 4 is 17.7 Å². The first-order valence-corrected chi connectivity index (χ1v) is 9.19. The molecule has 0 saturated carbocycles. The predicted octanol–water partition coefficient (Wildman–Crippen LogP) is 3.59. The van der Waals surface area contributed by atoms with E-state index in [-0.39, 0.29) is 18.2 Å². The minimum Gasteiger partial charge on any atom is -0.459 e. The lowest BCUT2D eigenvalue weighted by Gasteiger charge is -2.08. The second-order valence-corrected chi connectivity index (χ2v) is 6.68. The summed E-state index contributed by atoms with van der Waals surface area (Å²) in [6.07, 6.45) is 3.26. The first-order valence-electron chi connectivity index (χ1n) is 8.20. The summed E-state index contributed by atoms with van der Waals surface area (Å²) in [7, 11) is 0. The van der Waals surface area contributed by atoms with Gasteiger partial charge >= 0.3 is 0 Å². The van der Waals surface area contributed by atoms with Gasteiger partial charge in [0.05, 0.1) is 12.8 Å². The summed E-state index contributed by atoms with van der Waals surface area (Å²) < 4.78 is 7.04. The van der Waals surface area contributed by atoms with Crippen molar-refractivity contribution in [1.82, 2.24) is 20.1 Å². The topological polar surface area (TPSA) is 73.0 Å². The SMILES string of the molecule is C=CCn1c(CNC(=O)c2ccco2)nnc1SCc1cccc(C)c1. The molecule has 134 valence electrons. The van der Waals surface area contributed by atoms with Crippen molar-refractivity contribution in [1.29, 1.82) is 0 Å². The van der Waals surface area contributed by atoms with E-state index in [1.165, 1.54) is 17.4 Å². The molecule has 0 bridgehead atoms. The number of aryl methyl sites for hydroxylation is 1. The molecular formula is C19H20N4O2S. The number of carbonyl (C=O) groups is 1. The molecule has 0 unspecified atom stereocenters. The Morgan fingerprint density at radius 1 is 1.35 bits per heavy atom. The van der Waals surface area contributed by atoms with Crippen LogP contribution in [-0.4, -0.2) is 20.7 Å². The van der Waals surface area contributed by atoms with Crippen molar-refractivity contribution in [2.24, 2.45) is 0 Å². The van der Waals surface area contributed by atoms with E-state index < -0.39 is 0 Å². The Bertz CT molecular complexity index is 887. The lowest BCUT2D eigenvalue weighted by molar-refractivity contribution is 0.0921. The Hall–Kier alpha value is -2.80. The molecule has 0 saturated heterocycles. The van der Waals surface area contributed by atoms with Crippen molar-refractivity contribution in [3.63, 3.8) is 0 Å². The predicted molar refractivity (Wildman–Crippen MR) is 101 cm³/mol. The Kier molecular flexibility index (Phi) is 5.91. The summed E-state index contributed by atoms with van der Waals surface area (Å²) >= 11 is 1.61. The van der Waals surface area contributed by atoms with Gasteiger partial charge in [0, 0.05) is 12.3 Å². The molecule has 0 aliphatic rings. The number of rotatable bonds is 8. The number of aromatic nitrogens is 3. The summed E-state index contributed by atoms with van der Waals surface area (Å²) in [4.78, 5) is 12.0. The van der Waals surface area contributed by atoms with E-state index >= 15 is 0 Å². The Balaban J connectivity index is 1.67. The van der Waals surface area contributed by atoms with E-state index in [1.54, 1.807) is 30.0 Å². The fourth-order valence-corrected chi connectivity index (χ4v) is 3.38. The van der Waals surface area contributed by atoms with Crippen molar-refractivity contribution in [2.45, 2.75) is 30.9 Å². The zero-order valence-electron chi connectivity index (χ0n) is 14.5. The number of nitrogens with zero attached hydrogens (tertiary/aromatic N) is 3. The molecule has 7 heteroatoms. The summed E-state index contributed by atoms with van der Waals surface area (Å²) in [6, 6.07) is 11.7. The molecule has 1 aromatic carbocycles. The van der Waals surface area contributed by atoms with Gasteiger partial charge in [-0.05, 0) is 24.6 Å². The number of benzene rings is 1. The number of hydrogen-bond acceptors (Lipinski definition) is 5. The Morgan fingerprint density at radius 3 is 2.96 bits per heavy atom. The fraction of sp³-hybridized carbons (Fsp3) is 0.211. The fourth-order valence-electron chi connectivity index (χ4n) is 2.47. The van der Waals surface area contributed by atoms with Crippen molar-refractivity contribution in [3.8, 4) is 0 Å². The van der Waals surface area contributed by atoms with Crippen LogP contribution in [-0.2, 0) is 18.8 Å². The molecule has 0 aliphatic carbocycles. The van der Waals surface area contributed by atoms with Crippen LogP contribution >= 0.6 is 11.8 Å². The zero-order valence-corrected chi connectivity index (χ0v) is 15.3. The van der Waals surface area contributed by atoms with Crippen molar-refractivity contribution in [3.05, 3.63) is 78.0 Å². The number of amides is 1. The third-order valence-electron chi connectivity index (χ3n) is 3.71. The van der Waals surface area contributed by atoms with Crippen LogP contribution in [0, 0.1) is 6.92 Å². The first kappa shape index (κ1) is 18.0. The molecular weight excluding hydrogens is 348 g/mol. The highest BCUT2D eigenvalue weighted by molar-refractivity contribution is 7.98. The van der Waals surface area contributed by atoms with E-state index in [9.17, 15) is 4.79 Å². The number of nitrogens with one attached hydrogen (secondary N) is 1. The molecule has 0 aliphatic heterocycles. The third-order valence-corrected chi connectivity index (χ3v) is 4.75. The van der Waals surface area contributed by atoms with Crippen LogP contribution in [0.5, 0.6) is 0 Å². The molecule has 2 heterocycles. The third kappa shape index (κ3) is 4.43. The number of thioether (sulfide) groups is 1. The van der Waals surface area contributed by atoms with Crippen LogP contribution in [0.15, 0.2) is 64.9 Å². The van der Waals surface area contributed by atoms with Crippen LogP contribution in [0.1, 0.15) is 27.5 Å². The van der Waals surface area contributed by atoms with Crippen LogP contribution in [0.4, 0.5) is 0 Å². The van der Waals surface area contributed by atoms with Gasteiger partial charge in [0.2, 0.25) is 0 Å². The quantitative estimate of drug-likeness (QED) is 0.486. The number of allylic oxidation sites excluding steroid dienone is 1. The maximum atomic E-state index is 12.0. The zero-order chi connectivity index (χ0) is 18.4. The summed E-state index contributed by atoms with van der Waals surface area (Å²) in [5.41, 5.74) is 2.47.